The maximum Gasteiger partial charge on any atom is 0.200 e. The molecule has 2 unspecified atom stereocenters. The molecule has 0 amide bonds. The van der Waals surface area contributed by atoms with Crippen LogP contribution in [0, 0.1) is 6.92 Å². The van der Waals surface area contributed by atoms with E-state index in [2.05, 4.69) is 9.97 Å². The number of hydrogen-bond donors (Lipinski definition) is 2. The molecule has 0 saturated heterocycles. The van der Waals surface area contributed by atoms with Gasteiger partial charge in [0.2, 0.25) is 11.8 Å². The molecule has 2 aliphatic rings. The van der Waals surface area contributed by atoms with Crippen LogP contribution in [0.1, 0.15) is 60.1 Å². The van der Waals surface area contributed by atoms with Crippen LogP contribution in [0.25, 0.3) is 11.4 Å². The summed E-state index contributed by atoms with van der Waals surface area (Å²) in [5, 5.41) is 21.0. The smallest absolute Gasteiger partial charge is 0.200 e. The highest BCUT2D eigenvalue weighted by Crippen LogP contribution is 2.54. The van der Waals surface area contributed by atoms with E-state index in [4.69, 9.17) is 9.47 Å². The molecular formula is C26H29N3O4. The van der Waals surface area contributed by atoms with Crippen molar-refractivity contribution in [2.75, 3.05) is 6.61 Å². The molecule has 33 heavy (non-hydrogen) atoms. The van der Waals surface area contributed by atoms with Crippen LogP contribution in [0.3, 0.4) is 0 Å². The lowest BCUT2D eigenvalue weighted by atomic mass is 10.0. The van der Waals surface area contributed by atoms with Gasteiger partial charge < -0.3 is 19.7 Å². The molecule has 0 fully saturated rings. The van der Waals surface area contributed by atoms with Gasteiger partial charge in [0.15, 0.2) is 0 Å². The predicted molar refractivity (Wildman–Crippen MR) is 124 cm³/mol. The summed E-state index contributed by atoms with van der Waals surface area (Å²) < 4.78 is 13.1. The number of aromatic nitrogens is 3. The minimum Gasteiger partial charge on any atom is -0.494 e. The van der Waals surface area contributed by atoms with E-state index in [-0.39, 0.29) is 24.0 Å². The molecule has 3 aromatic rings. The number of ether oxygens (including phenoxy) is 2. The lowest BCUT2D eigenvalue weighted by Crippen LogP contribution is -2.00. The summed E-state index contributed by atoms with van der Waals surface area (Å²) in [5.41, 5.74) is 5.43. The molecule has 172 valence electrons. The Labute approximate surface area is 193 Å². The number of nitrogens with zero attached hydrogens (tertiary/aromatic N) is 3. The standard InChI is InChI=1S/C26H29N3O4/c1-17-8-10-27-19(14-17)20-15-18(9-11-28-20)16-32-13-5-3-2-4-12-29-25(30)23-21-6-7-22(33-21)24(23)26(29)31/h6-11,14-15,21-22,30-31H,2-5,12-13,16H2,1H3. The van der Waals surface area contributed by atoms with Crippen LogP contribution in [-0.2, 0) is 22.6 Å². The summed E-state index contributed by atoms with van der Waals surface area (Å²) in [6.07, 6.45) is 10.9. The average molecular weight is 448 g/mol. The fourth-order valence-corrected chi connectivity index (χ4v) is 4.58. The third-order valence-corrected chi connectivity index (χ3v) is 6.30. The van der Waals surface area contributed by atoms with Crippen LogP contribution in [0.4, 0.5) is 0 Å². The lowest BCUT2D eigenvalue weighted by molar-refractivity contribution is 0.0836. The number of rotatable bonds is 10. The van der Waals surface area contributed by atoms with E-state index in [9.17, 15) is 10.2 Å². The number of unbranched alkanes of at least 4 members (excludes halogenated alkanes) is 3. The van der Waals surface area contributed by atoms with Crippen LogP contribution in [-0.4, -0.2) is 31.4 Å². The van der Waals surface area contributed by atoms with Crippen molar-refractivity contribution >= 4 is 0 Å². The van der Waals surface area contributed by atoms with Gasteiger partial charge in [-0.1, -0.05) is 25.0 Å². The first kappa shape index (κ1) is 21.7. The Morgan fingerprint density at radius 3 is 2.30 bits per heavy atom. The van der Waals surface area contributed by atoms with Gasteiger partial charge in [0.05, 0.1) is 29.1 Å². The summed E-state index contributed by atoms with van der Waals surface area (Å²) in [7, 11) is 0. The summed E-state index contributed by atoms with van der Waals surface area (Å²) in [4.78, 5) is 8.83. The Kier molecular flexibility index (Phi) is 6.15. The topological polar surface area (TPSA) is 89.6 Å². The molecule has 2 N–H and O–H groups in total. The second kappa shape index (κ2) is 9.37. The molecular weight excluding hydrogens is 418 g/mol. The first-order valence-electron chi connectivity index (χ1n) is 11.6. The highest BCUT2D eigenvalue weighted by atomic mass is 16.5. The molecule has 0 aliphatic carbocycles. The molecule has 5 heterocycles. The third kappa shape index (κ3) is 4.38. The third-order valence-electron chi connectivity index (χ3n) is 6.30. The Hall–Kier alpha value is -3.16. The Morgan fingerprint density at radius 2 is 1.58 bits per heavy atom. The van der Waals surface area contributed by atoms with Gasteiger partial charge in [-0.15, -0.1) is 0 Å². The van der Waals surface area contributed by atoms with E-state index in [0.29, 0.717) is 19.8 Å². The lowest BCUT2D eigenvalue weighted by Gasteiger charge is -2.10. The first-order valence-corrected chi connectivity index (χ1v) is 11.6. The molecule has 2 atom stereocenters. The zero-order valence-electron chi connectivity index (χ0n) is 18.8. The van der Waals surface area contributed by atoms with Gasteiger partial charge in [-0.05, 0) is 55.2 Å². The summed E-state index contributed by atoms with van der Waals surface area (Å²) >= 11 is 0. The quantitative estimate of drug-likeness (QED) is 0.331. The van der Waals surface area contributed by atoms with Crippen LogP contribution in [0.5, 0.6) is 11.8 Å². The van der Waals surface area contributed by atoms with E-state index in [1.807, 2.05) is 43.3 Å². The highest BCUT2D eigenvalue weighted by Gasteiger charge is 2.41. The van der Waals surface area contributed by atoms with E-state index in [1.165, 1.54) is 0 Å². The van der Waals surface area contributed by atoms with E-state index < -0.39 is 0 Å². The van der Waals surface area contributed by atoms with Gasteiger partial charge in [-0.25, -0.2) is 0 Å². The molecule has 0 spiro atoms. The second-order valence-electron chi connectivity index (χ2n) is 8.72. The van der Waals surface area contributed by atoms with Crippen LogP contribution >= 0.6 is 0 Å². The molecule has 2 bridgehead atoms. The van der Waals surface area contributed by atoms with E-state index in [1.54, 1.807) is 17.0 Å². The molecule has 2 aliphatic heterocycles. The number of aryl methyl sites for hydroxylation is 1. The highest BCUT2D eigenvalue weighted by molar-refractivity contribution is 5.56. The van der Waals surface area contributed by atoms with E-state index in [0.717, 1.165) is 59.3 Å². The summed E-state index contributed by atoms with van der Waals surface area (Å²) in [5.74, 6) is 0.278. The number of fused-ring (bicyclic) bond motifs is 5. The van der Waals surface area contributed by atoms with Gasteiger partial charge in [0, 0.05) is 25.5 Å². The Morgan fingerprint density at radius 1 is 0.909 bits per heavy atom. The molecule has 0 saturated carbocycles. The molecule has 0 radical (unpaired) electrons. The SMILES string of the molecule is Cc1ccnc(-c2cc(COCCCCCCn3c(O)c4c(c3O)C3C=CC4O3)ccn2)c1. The molecule has 7 heteroatoms. The first-order chi connectivity index (χ1) is 16.1. The maximum absolute atomic E-state index is 10.5. The van der Waals surface area contributed by atoms with Gasteiger partial charge in [0.1, 0.15) is 12.2 Å². The molecule has 0 aromatic carbocycles. The van der Waals surface area contributed by atoms with Gasteiger partial charge in [-0.2, -0.15) is 0 Å². The molecule has 7 nitrogen and oxygen atoms in total. The fourth-order valence-electron chi connectivity index (χ4n) is 4.58. The predicted octanol–water partition coefficient (Wildman–Crippen LogP) is 5.12. The largest absolute Gasteiger partial charge is 0.494 e. The number of aromatic hydroxyl groups is 2. The van der Waals surface area contributed by atoms with E-state index >= 15 is 0 Å². The Balaban J connectivity index is 1.02. The van der Waals surface area contributed by atoms with Gasteiger partial charge >= 0.3 is 0 Å². The zero-order valence-corrected chi connectivity index (χ0v) is 18.8. The minimum absolute atomic E-state index is 0.139. The minimum atomic E-state index is -0.223. The second-order valence-corrected chi connectivity index (χ2v) is 8.72. The monoisotopic (exact) mass is 447 g/mol. The van der Waals surface area contributed by atoms with Crippen molar-refractivity contribution < 1.29 is 19.7 Å². The van der Waals surface area contributed by atoms with Crippen molar-refractivity contribution in [1.29, 1.82) is 0 Å². The van der Waals surface area contributed by atoms with Crippen molar-refractivity contribution in [3.8, 4) is 23.1 Å². The van der Waals surface area contributed by atoms with Crippen molar-refractivity contribution in [3.63, 3.8) is 0 Å². The summed E-state index contributed by atoms with van der Waals surface area (Å²) in [6.45, 7) is 3.89. The molecule has 3 aromatic heterocycles. The van der Waals surface area contributed by atoms with Crippen molar-refractivity contribution in [2.24, 2.45) is 0 Å². The zero-order chi connectivity index (χ0) is 22.8. The van der Waals surface area contributed by atoms with Crippen LogP contribution in [0.2, 0.25) is 0 Å². The van der Waals surface area contributed by atoms with Crippen molar-refractivity contribution in [2.45, 2.75) is 58.0 Å². The van der Waals surface area contributed by atoms with Crippen molar-refractivity contribution in [1.82, 2.24) is 14.5 Å². The van der Waals surface area contributed by atoms with Crippen LogP contribution in [0.15, 0.2) is 48.8 Å². The molecule has 5 rings (SSSR count). The normalized spacial score (nSPS) is 18.2. The maximum atomic E-state index is 10.5. The number of pyridine rings is 2. The summed E-state index contributed by atoms with van der Waals surface area (Å²) in [6, 6.07) is 8.01. The number of hydrogen-bond acceptors (Lipinski definition) is 6. The Bertz CT molecular complexity index is 1130. The van der Waals surface area contributed by atoms with Gasteiger partial charge in [-0.3, -0.25) is 14.5 Å². The fraction of sp³-hybridized carbons (Fsp3) is 0.385. The van der Waals surface area contributed by atoms with Crippen LogP contribution < -0.4 is 0 Å². The van der Waals surface area contributed by atoms with Gasteiger partial charge in [0.25, 0.3) is 0 Å². The van der Waals surface area contributed by atoms with Crippen molar-refractivity contribution in [3.05, 3.63) is 71.1 Å². The average Bonchev–Trinajstić information content (AvgIpc) is 3.50.